The van der Waals surface area contributed by atoms with Gasteiger partial charge in [0.2, 0.25) is 10.0 Å². The normalized spacial score (nSPS) is 11.8. The van der Waals surface area contributed by atoms with E-state index in [0.717, 1.165) is 29.2 Å². The number of nitrogens with one attached hydrogen (secondary N) is 3. The van der Waals surface area contributed by atoms with Crippen LogP contribution in [0.5, 0.6) is 0 Å². The maximum atomic E-state index is 11.7. The number of hydrogen-bond acceptors (Lipinski definition) is 5. The number of guanidine groups is 1. The summed E-state index contributed by atoms with van der Waals surface area (Å²) in [4.78, 5) is 10.2. The van der Waals surface area contributed by atoms with Crippen molar-refractivity contribution in [2.75, 3.05) is 20.6 Å². The summed E-state index contributed by atoms with van der Waals surface area (Å²) in [5.41, 5.74) is 2.06. The Morgan fingerprint density at radius 1 is 1.19 bits per heavy atom. The van der Waals surface area contributed by atoms with Gasteiger partial charge in [-0.1, -0.05) is 12.1 Å². The average molecular weight is 523 g/mol. The molecule has 2 rings (SSSR count). The predicted octanol–water partition coefficient (Wildman–Crippen LogP) is 2.19. The molecule has 150 valence electrons. The summed E-state index contributed by atoms with van der Waals surface area (Å²) >= 11 is 1.72. The largest absolute Gasteiger partial charge is 0.356 e. The molecule has 0 fully saturated rings. The van der Waals surface area contributed by atoms with E-state index >= 15 is 0 Å². The number of benzene rings is 1. The first-order valence-corrected chi connectivity index (χ1v) is 10.6. The molecule has 0 saturated heterocycles. The molecule has 0 saturated carbocycles. The van der Waals surface area contributed by atoms with E-state index in [0.29, 0.717) is 12.5 Å². The number of hydrogen-bond donors (Lipinski definition) is 3. The van der Waals surface area contributed by atoms with Crippen LogP contribution in [0.1, 0.15) is 21.1 Å². The van der Waals surface area contributed by atoms with Crippen LogP contribution in [-0.2, 0) is 23.0 Å². The fourth-order valence-electron chi connectivity index (χ4n) is 2.24. The average Bonchev–Trinajstić information content (AvgIpc) is 2.96. The Morgan fingerprint density at radius 2 is 1.85 bits per heavy atom. The van der Waals surface area contributed by atoms with Crippen molar-refractivity contribution in [2.45, 2.75) is 31.7 Å². The van der Waals surface area contributed by atoms with Crippen LogP contribution in [0.4, 0.5) is 0 Å². The molecule has 10 heteroatoms. The molecule has 0 amide bonds. The number of aliphatic imine (C=N–C) groups is 1. The molecule has 2 aromatic rings. The van der Waals surface area contributed by atoms with Gasteiger partial charge < -0.3 is 10.6 Å². The molecule has 0 atom stereocenters. The summed E-state index contributed by atoms with van der Waals surface area (Å²) in [7, 11) is -0.287. The second kappa shape index (κ2) is 10.9. The zero-order chi connectivity index (χ0) is 19.2. The lowest BCUT2D eigenvalue weighted by molar-refractivity contribution is 0.588. The van der Waals surface area contributed by atoms with E-state index in [2.05, 4.69) is 32.3 Å². The Balaban J connectivity index is 0.00000364. The third-order valence-electron chi connectivity index (χ3n) is 3.89. The topological polar surface area (TPSA) is 95.5 Å². The van der Waals surface area contributed by atoms with Gasteiger partial charge in [-0.15, -0.1) is 35.3 Å². The van der Waals surface area contributed by atoms with Crippen LogP contribution in [0.15, 0.2) is 34.2 Å². The quantitative estimate of drug-likeness (QED) is 0.294. The highest BCUT2D eigenvalue weighted by atomic mass is 127. The van der Waals surface area contributed by atoms with Gasteiger partial charge in [0.25, 0.3) is 0 Å². The first-order chi connectivity index (χ1) is 12.4. The molecule has 0 aliphatic carbocycles. The van der Waals surface area contributed by atoms with Crippen LogP contribution in [0.25, 0.3) is 0 Å². The molecule has 0 bridgehead atoms. The van der Waals surface area contributed by atoms with Gasteiger partial charge in [-0.25, -0.2) is 18.1 Å². The Bertz CT molecular complexity index is 844. The van der Waals surface area contributed by atoms with E-state index in [-0.39, 0.29) is 28.9 Å². The molecular formula is C17H26IN5O2S2. The third-order valence-corrected chi connectivity index (χ3v) is 6.45. The van der Waals surface area contributed by atoms with Crippen molar-refractivity contribution in [1.82, 2.24) is 20.3 Å². The minimum atomic E-state index is -3.40. The van der Waals surface area contributed by atoms with Gasteiger partial charge >= 0.3 is 0 Å². The van der Waals surface area contributed by atoms with Crippen LogP contribution in [-0.4, -0.2) is 40.0 Å². The Hall–Kier alpha value is -1.24. The number of nitrogens with zero attached hydrogens (tertiary/aromatic N) is 2. The summed E-state index contributed by atoms with van der Waals surface area (Å²) in [5.74, 6) is 0.696. The summed E-state index contributed by atoms with van der Waals surface area (Å²) in [6.07, 6.45) is 0.844. The highest BCUT2D eigenvalue weighted by Gasteiger charge is 2.10. The molecule has 27 heavy (non-hydrogen) atoms. The Morgan fingerprint density at radius 3 is 2.37 bits per heavy atom. The van der Waals surface area contributed by atoms with E-state index < -0.39 is 10.0 Å². The lowest BCUT2D eigenvalue weighted by Gasteiger charge is -2.12. The van der Waals surface area contributed by atoms with E-state index in [9.17, 15) is 8.42 Å². The van der Waals surface area contributed by atoms with Gasteiger partial charge in [-0.3, -0.25) is 4.99 Å². The number of thiazole rings is 1. The summed E-state index contributed by atoms with van der Waals surface area (Å²) < 4.78 is 25.7. The van der Waals surface area contributed by atoms with Gasteiger partial charge in [0.15, 0.2) is 5.96 Å². The number of aryl methyl sites for hydroxylation is 2. The SMILES string of the molecule is CN=C(NCCc1nc(C)c(C)s1)NCc1ccc(S(=O)(=O)NC)cc1.I. The first kappa shape index (κ1) is 23.8. The fourth-order valence-corrected chi connectivity index (χ4v) is 3.91. The lowest BCUT2D eigenvalue weighted by Crippen LogP contribution is -2.37. The Kier molecular flexibility index (Phi) is 9.63. The second-order valence-electron chi connectivity index (χ2n) is 5.70. The van der Waals surface area contributed by atoms with E-state index in [1.54, 1.807) is 42.6 Å². The smallest absolute Gasteiger partial charge is 0.240 e. The van der Waals surface area contributed by atoms with Crippen molar-refractivity contribution in [1.29, 1.82) is 0 Å². The minimum absolute atomic E-state index is 0. The van der Waals surface area contributed by atoms with E-state index in [4.69, 9.17) is 0 Å². The second-order valence-corrected chi connectivity index (χ2v) is 8.88. The monoisotopic (exact) mass is 523 g/mol. The van der Waals surface area contributed by atoms with Crippen molar-refractivity contribution in [3.63, 3.8) is 0 Å². The maximum absolute atomic E-state index is 11.7. The molecule has 7 nitrogen and oxygen atoms in total. The molecule has 0 radical (unpaired) electrons. The predicted molar refractivity (Wildman–Crippen MR) is 122 cm³/mol. The molecule has 1 aromatic carbocycles. The maximum Gasteiger partial charge on any atom is 0.240 e. The van der Waals surface area contributed by atoms with Crippen LogP contribution in [0.2, 0.25) is 0 Å². The minimum Gasteiger partial charge on any atom is -0.356 e. The van der Waals surface area contributed by atoms with Gasteiger partial charge in [-0.2, -0.15) is 0 Å². The van der Waals surface area contributed by atoms with E-state index in [1.165, 1.54) is 11.9 Å². The molecule has 1 heterocycles. The van der Waals surface area contributed by atoms with E-state index in [1.807, 2.05) is 6.92 Å². The summed E-state index contributed by atoms with van der Waals surface area (Å²) in [6, 6.07) is 6.75. The molecule has 0 aliphatic rings. The molecule has 0 aliphatic heterocycles. The number of rotatable bonds is 7. The van der Waals surface area contributed by atoms with Crippen LogP contribution in [0, 0.1) is 13.8 Å². The molecule has 0 spiro atoms. The van der Waals surface area contributed by atoms with Crippen molar-refractivity contribution < 1.29 is 8.42 Å². The van der Waals surface area contributed by atoms with Gasteiger partial charge in [-0.05, 0) is 38.6 Å². The zero-order valence-corrected chi connectivity index (χ0v) is 19.8. The lowest BCUT2D eigenvalue weighted by atomic mass is 10.2. The van der Waals surface area contributed by atoms with Crippen molar-refractivity contribution >= 4 is 51.3 Å². The van der Waals surface area contributed by atoms with Gasteiger partial charge in [0, 0.05) is 31.4 Å². The molecule has 0 unspecified atom stereocenters. The van der Waals surface area contributed by atoms with Crippen molar-refractivity contribution in [2.24, 2.45) is 4.99 Å². The highest BCUT2D eigenvalue weighted by molar-refractivity contribution is 14.0. The van der Waals surface area contributed by atoms with Gasteiger partial charge in [0.05, 0.1) is 15.6 Å². The number of aromatic nitrogens is 1. The van der Waals surface area contributed by atoms with Crippen LogP contribution in [0.3, 0.4) is 0 Å². The standard InChI is InChI=1S/C17H25N5O2S2.HI/c1-12-13(2)25-16(22-12)9-10-20-17(18-3)21-11-14-5-7-15(8-6-14)26(23,24)19-4;/h5-8,19H,9-11H2,1-4H3,(H2,18,20,21);1H. The molecular weight excluding hydrogens is 497 g/mol. The van der Waals surface area contributed by atoms with Crippen LogP contribution >= 0.6 is 35.3 Å². The zero-order valence-electron chi connectivity index (χ0n) is 15.9. The van der Waals surface area contributed by atoms with Crippen molar-refractivity contribution in [3.05, 3.63) is 45.4 Å². The first-order valence-electron chi connectivity index (χ1n) is 8.25. The molecule has 1 aromatic heterocycles. The number of halogens is 1. The van der Waals surface area contributed by atoms with Crippen LogP contribution < -0.4 is 15.4 Å². The third kappa shape index (κ3) is 7.01. The fraction of sp³-hybridized carbons (Fsp3) is 0.412. The number of sulfonamides is 1. The summed E-state index contributed by atoms with van der Waals surface area (Å²) in [5, 5.41) is 7.59. The van der Waals surface area contributed by atoms with Gasteiger partial charge in [0.1, 0.15) is 0 Å². The van der Waals surface area contributed by atoms with Crippen molar-refractivity contribution in [3.8, 4) is 0 Å². The summed E-state index contributed by atoms with van der Waals surface area (Å²) in [6.45, 7) is 5.40. The highest BCUT2D eigenvalue weighted by Crippen LogP contribution is 2.16. The molecule has 3 N–H and O–H groups in total. The Labute approximate surface area is 182 Å².